The molecule has 0 bridgehead atoms. The minimum atomic E-state index is -4.09. The predicted octanol–water partition coefficient (Wildman–Crippen LogP) is 2.79. The molecule has 1 aliphatic heterocycles. The molecule has 4 rings (SSSR count). The Bertz CT molecular complexity index is 1000. The van der Waals surface area contributed by atoms with Crippen molar-refractivity contribution in [1.82, 2.24) is 19.4 Å². The number of primary amides is 1. The monoisotopic (exact) mass is 496 g/mol. The number of nitrogens with two attached hydrogens (primary N) is 1. The van der Waals surface area contributed by atoms with E-state index in [0.717, 1.165) is 23.3 Å². The van der Waals surface area contributed by atoms with Crippen LogP contribution >= 0.6 is 0 Å². The van der Waals surface area contributed by atoms with Crippen molar-refractivity contribution in [1.29, 1.82) is 0 Å². The summed E-state index contributed by atoms with van der Waals surface area (Å²) in [7, 11) is 0. The van der Waals surface area contributed by atoms with Gasteiger partial charge in [0.15, 0.2) is 0 Å². The number of hydrogen-bond acceptors (Lipinski definition) is 6. The molecule has 1 amide bonds. The van der Waals surface area contributed by atoms with E-state index in [1.807, 2.05) is 28.7 Å². The molecule has 2 fully saturated rings. The Morgan fingerprint density at radius 2 is 1.97 bits per heavy atom. The predicted molar refractivity (Wildman–Crippen MR) is 127 cm³/mol. The van der Waals surface area contributed by atoms with Crippen LogP contribution in [0.1, 0.15) is 39.0 Å². The lowest BCUT2D eigenvalue weighted by atomic mass is 9.81. The normalized spacial score (nSPS) is 26.2. The molecule has 3 N–H and O–H groups in total. The summed E-state index contributed by atoms with van der Waals surface area (Å²) in [6, 6.07) is 1.97. The maximum atomic E-state index is 13.0. The number of hydrogen-bond donors (Lipinski definition) is 2. The van der Waals surface area contributed by atoms with Crippen LogP contribution in [-0.4, -0.2) is 75.5 Å². The smallest absolute Gasteiger partial charge is 0.391 e. The van der Waals surface area contributed by atoms with Crippen LogP contribution < -0.4 is 10.6 Å². The number of piperidine rings is 1. The maximum absolute atomic E-state index is 13.0. The van der Waals surface area contributed by atoms with Gasteiger partial charge >= 0.3 is 6.18 Å². The number of nitrogens with zero attached hydrogens (tertiary/aromatic N) is 5. The van der Waals surface area contributed by atoms with Crippen molar-refractivity contribution < 1.29 is 23.1 Å². The molecule has 8 nitrogen and oxygen atoms in total. The maximum Gasteiger partial charge on any atom is 0.391 e. The second-order valence-electron chi connectivity index (χ2n) is 10.0. The third kappa shape index (κ3) is 6.06. The van der Waals surface area contributed by atoms with Crippen LogP contribution in [0.5, 0.6) is 0 Å². The van der Waals surface area contributed by atoms with Crippen LogP contribution in [-0.2, 0) is 11.3 Å². The van der Waals surface area contributed by atoms with Gasteiger partial charge in [0.25, 0.3) is 0 Å². The minimum Gasteiger partial charge on any atom is -0.391 e. The van der Waals surface area contributed by atoms with E-state index < -0.39 is 24.1 Å². The zero-order valence-corrected chi connectivity index (χ0v) is 20.1. The number of carbonyl (C=O) groups excluding carboxylic acids is 1. The Balaban J connectivity index is 1.43. The third-order valence-corrected chi connectivity index (χ3v) is 7.62. The number of likely N-dealkylation sites (tertiary alicyclic amines) is 1. The summed E-state index contributed by atoms with van der Waals surface area (Å²) >= 11 is 0. The standard InChI is InChI=1S/C24H35F3N6O2/c1-2-32(11-16-3-5-18(6-4-16)24(25,26)27)22-19-8-10-33(23(19)30-15-29-22)12-17-7-9-31(13-20(17)34)14-21(28)35/h8,10,15-18,20,34H,2-7,9,11-14H2,1H3,(H2,28,35)/t16?,17-,18?,20+/m1/s1. The Morgan fingerprint density at radius 3 is 2.60 bits per heavy atom. The molecule has 0 aromatic carbocycles. The zero-order valence-electron chi connectivity index (χ0n) is 20.1. The number of amides is 1. The van der Waals surface area contributed by atoms with Gasteiger partial charge in [-0.15, -0.1) is 0 Å². The number of alkyl halides is 3. The highest BCUT2D eigenvalue weighted by Crippen LogP contribution is 2.40. The molecule has 1 saturated carbocycles. The fourth-order valence-electron chi connectivity index (χ4n) is 5.61. The van der Waals surface area contributed by atoms with Crippen LogP contribution in [0.3, 0.4) is 0 Å². The van der Waals surface area contributed by atoms with Crippen LogP contribution in [0.15, 0.2) is 18.6 Å². The van der Waals surface area contributed by atoms with E-state index in [4.69, 9.17) is 5.73 Å². The summed E-state index contributed by atoms with van der Waals surface area (Å²) in [4.78, 5) is 24.2. The molecular weight excluding hydrogens is 461 g/mol. The first-order chi connectivity index (χ1) is 16.7. The van der Waals surface area contributed by atoms with Gasteiger partial charge in [-0.25, -0.2) is 9.97 Å². The summed E-state index contributed by atoms with van der Waals surface area (Å²) in [6.07, 6.45) is 1.10. The molecule has 2 aliphatic rings. The molecular formula is C24H35F3N6O2. The molecule has 0 unspecified atom stereocenters. The highest BCUT2D eigenvalue weighted by molar-refractivity contribution is 5.87. The van der Waals surface area contributed by atoms with E-state index in [2.05, 4.69) is 14.9 Å². The van der Waals surface area contributed by atoms with Crippen LogP contribution in [0.25, 0.3) is 11.0 Å². The second kappa shape index (κ2) is 10.7. The highest BCUT2D eigenvalue weighted by Gasteiger charge is 2.41. The van der Waals surface area contributed by atoms with E-state index in [-0.39, 0.29) is 31.2 Å². The van der Waals surface area contributed by atoms with E-state index in [9.17, 15) is 23.1 Å². The van der Waals surface area contributed by atoms with Crippen molar-refractivity contribution in [2.75, 3.05) is 37.6 Å². The van der Waals surface area contributed by atoms with Gasteiger partial charge in [-0.1, -0.05) is 0 Å². The first-order valence-electron chi connectivity index (χ1n) is 12.5. The molecule has 35 heavy (non-hydrogen) atoms. The number of aliphatic hydroxyl groups excluding tert-OH is 1. The lowest BCUT2D eigenvalue weighted by molar-refractivity contribution is -0.183. The number of aliphatic hydroxyl groups is 1. The second-order valence-corrected chi connectivity index (χ2v) is 10.0. The number of fused-ring (bicyclic) bond motifs is 1. The van der Waals surface area contributed by atoms with Crippen molar-refractivity contribution >= 4 is 22.8 Å². The summed E-state index contributed by atoms with van der Waals surface area (Å²) in [5.74, 6) is -0.538. The quantitative estimate of drug-likeness (QED) is 0.583. The average molecular weight is 497 g/mol. The van der Waals surface area contributed by atoms with Crippen LogP contribution in [0.2, 0.25) is 0 Å². The third-order valence-electron chi connectivity index (χ3n) is 7.62. The summed E-state index contributed by atoms with van der Waals surface area (Å²) in [6.45, 7) is 5.26. The molecule has 0 spiro atoms. The van der Waals surface area contributed by atoms with Gasteiger partial charge in [0.2, 0.25) is 5.91 Å². The van der Waals surface area contributed by atoms with Gasteiger partial charge < -0.3 is 20.3 Å². The highest BCUT2D eigenvalue weighted by atomic mass is 19.4. The van der Waals surface area contributed by atoms with E-state index in [0.29, 0.717) is 45.6 Å². The molecule has 0 radical (unpaired) electrons. The first kappa shape index (κ1) is 25.7. The molecule has 3 heterocycles. The lowest BCUT2D eigenvalue weighted by Gasteiger charge is -2.35. The van der Waals surface area contributed by atoms with Gasteiger partial charge in [-0.3, -0.25) is 9.69 Å². The van der Waals surface area contributed by atoms with Crippen molar-refractivity contribution in [3.05, 3.63) is 18.6 Å². The molecule has 1 saturated heterocycles. The van der Waals surface area contributed by atoms with E-state index >= 15 is 0 Å². The largest absolute Gasteiger partial charge is 0.391 e. The van der Waals surface area contributed by atoms with Gasteiger partial charge in [0, 0.05) is 38.3 Å². The summed E-state index contributed by atoms with van der Waals surface area (Å²) in [5.41, 5.74) is 6.06. The molecule has 194 valence electrons. The number of aromatic nitrogens is 3. The summed E-state index contributed by atoms with van der Waals surface area (Å²) in [5, 5.41) is 11.5. The van der Waals surface area contributed by atoms with Gasteiger partial charge in [-0.2, -0.15) is 13.2 Å². The van der Waals surface area contributed by atoms with Gasteiger partial charge in [0.05, 0.1) is 24.0 Å². The van der Waals surface area contributed by atoms with Crippen molar-refractivity contribution in [2.45, 2.75) is 57.9 Å². The SMILES string of the molecule is CCN(CC1CCC(C(F)(F)F)CC1)c1ncnc2c1ccn2C[C@H]1CCN(CC(N)=O)C[C@@H]1O. The number of rotatable bonds is 8. The lowest BCUT2D eigenvalue weighted by Crippen LogP contribution is -2.47. The summed E-state index contributed by atoms with van der Waals surface area (Å²) < 4.78 is 41.1. The number of β-amino-alcohol motifs (C(OH)–C–C–N with tert-alkyl or cyclic N) is 1. The van der Waals surface area contributed by atoms with Crippen molar-refractivity contribution in [3.8, 4) is 0 Å². The fourth-order valence-corrected chi connectivity index (χ4v) is 5.61. The van der Waals surface area contributed by atoms with Crippen LogP contribution in [0.4, 0.5) is 19.0 Å². The van der Waals surface area contributed by atoms with Crippen molar-refractivity contribution in [2.24, 2.45) is 23.5 Å². The zero-order chi connectivity index (χ0) is 25.2. The molecule has 2 aromatic rings. The average Bonchev–Trinajstić information content (AvgIpc) is 3.21. The van der Waals surface area contributed by atoms with Gasteiger partial charge in [-0.05, 0) is 57.6 Å². The Hall–Kier alpha value is -2.40. The first-order valence-corrected chi connectivity index (χ1v) is 12.5. The number of anilines is 1. The molecule has 2 aromatic heterocycles. The van der Waals surface area contributed by atoms with E-state index in [1.165, 1.54) is 6.33 Å². The van der Waals surface area contributed by atoms with E-state index in [1.54, 1.807) is 0 Å². The molecule has 11 heteroatoms. The van der Waals surface area contributed by atoms with Crippen LogP contribution in [0, 0.1) is 17.8 Å². The molecule has 2 atom stereocenters. The topological polar surface area (TPSA) is 101 Å². The number of carbonyl (C=O) groups is 1. The Morgan fingerprint density at radius 1 is 1.23 bits per heavy atom. The Labute approximate surface area is 203 Å². The number of halogens is 3. The Kier molecular flexibility index (Phi) is 7.85. The minimum absolute atomic E-state index is 0.0271. The molecule has 1 aliphatic carbocycles. The fraction of sp³-hybridized carbons (Fsp3) is 0.708. The van der Waals surface area contributed by atoms with Crippen molar-refractivity contribution in [3.63, 3.8) is 0 Å². The van der Waals surface area contributed by atoms with Gasteiger partial charge in [0.1, 0.15) is 17.8 Å².